The Morgan fingerprint density at radius 3 is 1.11 bits per heavy atom. The molecule has 9 aromatic carbocycles. The molecule has 1 heterocycles. The second-order valence-electron chi connectivity index (χ2n) is 17.1. The van der Waals surface area contributed by atoms with Crippen molar-refractivity contribution in [1.82, 2.24) is 4.98 Å². The molecule has 2 heteroatoms. The highest BCUT2D eigenvalue weighted by Gasteiger charge is 2.53. The maximum atomic E-state index is 5.35. The Morgan fingerprint density at radius 1 is 0.344 bits per heavy atom. The predicted octanol–water partition coefficient (Wildman–Crippen LogP) is 14.9. The van der Waals surface area contributed by atoms with Crippen molar-refractivity contribution in [3.63, 3.8) is 0 Å². The van der Waals surface area contributed by atoms with Crippen LogP contribution < -0.4 is 0 Å². The minimum absolute atomic E-state index is 0.390. The van der Waals surface area contributed by atoms with E-state index in [1.807, 2.05) is 11.3 Å². The monoisotopic (exact) mass is 791 g/mol. The lowest BCUT2D eigenvalue weighted by Crippen LogP contribution is -2.25. The molecule has 2 spiro atoms. The molecule has 14 rings (SSSR count). The molecule has 1 nitrogen and oxygen atoms in total. The number of hydrogen-bond donors (Lipinski definition) is 0. The summed E-state index contributed by atoms with van der Waals surface area (Å²) in [7, 11) is 0. The maximum Gasteiger partial charge on any atom is 0.0936 e. The number of thiazole rings is 1. The first-order valence-corrected chi connectivity index (χ1v) is 22.3. The molecule has 0 radical (unpaired) electrons. The van der Waals surface area contributed by atoms with Crippen LogP contribution >= 0.6 is 11.3 Å². The summed E-state index contributed by atoms with van der Waals surface area (Å²) in [4.78, 5) is 5.35. The number of rotatable bonds is 3. The highest BCUT2D eigenvalue weighted by atomic mass is 32.1. The van der Waals surface area contributed by atoms with Crippen LogP contribution in [0.2, 0.25) is 0 Å². The second kappa shape index (κ2) is 12.0. The Balaban J connectivity index is 1.01. The van der Waals surface area contributed by atoms with Gasteiger partial charge in [-0.25, -0.2) is 4.98 Å². The molecule has 1 aromatic heterocycles. The number of aryl methyl sites for hydroxylation is 1. The van der Waals surface area contributed by atoms with Gasteiger partial charge in [-0.05, 0) is 136 Å². The fourth-order valence-electron chi connectivity index (χ4n) is 12.2. The molecule has 0 N–H and O–H groups in total. The topological polar surface area (TPSA) is 12.9 Å². The van der Waals surface area contributed by atoms with Crippen molar-refractivity contribution < 1.29 is 0 Å². The molecule has 0 aliphatic heterocycles. The molecule has 0 saturated heterocycles. The number of hydrogen-bond acceptors (Lipinski definition) is 2. The van der Waals surface area contributed by atoms with E-state index in [0.717, 1.165) is 11.9 Å². The first kappa shape index (κ1) is 33.7. The number of fused-ring (bicyclic) bond motifs is 21. The van der Waals surface area contributed by atoms with Gasteiger partial charge in [0, 0.05) is 5.56 Å². The summed E-state index contributed by atoms with van der Waals surface area (Å²) >= 11 is 1.83. The van der Waals surface area contributed by atoms with Crippen LogP contribution in [0.25, 0.3) is 77.0 Å². The molecule has 284 valence electrons. The smallest absolute Gasteiger partial charge is 0.0936 e. The summed E-state index contributed by atoms with van der Waals surface area (Å²) in [6, 6.07) is 73.8. The van der Waals surface area contributed by atoms with Gasteiger partial charge in [-0.3, -0.25) is 0 Å². The van der Waals surface area contributed by atoms with Gasteiger partial charge in [-0.1, -0.05) is 177 Å². The van der Waals surface area contributed by atoms with Gasteiger partial charge in [-0.15, -0.1) is 11.3 Å². The van der Waals surface area contributed by atoms with Crippen LogP contribution in [-0.2, 0) is 17.3 Å². The highest BCUT2D eigenvalue weighted by Crippen LogP contribution is 2.65. The molecule has 0 bridgehead atoms. The molecule has 0 amide bonds. The van der Waals surface area contributed by atoms with Crippen molar-refractivity contribution in [2.75, 3.05) is 0 Å². The molecule has 0 unspecified atom stereocenters. The third kappa shape index (κ3) is 4.09. The van der Waals surface area contributed by atoms with Gasteiger partial charge in [0.15, 0.2) is 0 Å². The van der Waals surface area contributed by atoms with Crippen LogP contribution in [0.1, 0.15) is 56.4 Å². The van der Waals surface area contributed by atoms with Crippen molar-refractivity contribution in [1.29, 1.82) is 0 Å². The zero-order valence-electron chi connectivity index (χ0n) is 33.5. The average molecular weight is 792 g/mol. The van der Waals surface area contributed by atoms with Crippen molar-refractivity contribution >= 4 is 21.6 Å². The predicted molar refractivity (Wildman–Crippen MR) is 252 cm³/mol. The van der Waals surface area contributed by atoms with Gasteiger partial charge in [0.05, 0.1) is 26.1 Å². The van der Waals surface area contributed by atoms with Gasteiger partial charge >= 0.3 is 0 Å². The molecule has 4 aliphatic carbocycles. The Bertz CT molecular complexity index is 3420. The van der Waals surface area contributed by atoms with E-state index in [1.54, 1.807) is 0 Å². The van der Waals surface area contributed by atoms with Crippen LogP contribution in [0.4, 0.5) is 0 Å². The van der Waals surface area contributed by atoms with E-state index in [-0.39, 0.29) is 5.41 Å². The number of nitrogens with zero attached hydrogens (tertiary/aromatic N) is 1. The van der Waals surface area contributed by atoms with Gasteiger partial charge in [-0.2, -0.15) is 0 Å². The van der Waals surface area contributed by atoms with E-state index in [2.05, 4.69) is 201 Å². The summed E-state index contributed by atoms with van der Waals surface area (Å²) in [6.07, 6.45) is 0.905. The molecular weight excluding hydrogens is 755 g/mol. The lowest BCUT2D eigenvalue weighted by molar-refractivity contribution is 0.794. The summed E-state index contributed by atoms with van der Waals surface area (Å²) in [5, 5.41) is 1.17. The number of benzene rings is 9. The van der Waals surface area contributed by atoms with Crippen LogP contribution in [0.5, 0.6) is 0 Å². The average Bonchev–Trinajstić information content (AvgIpc) is 4.11. The highest BCUT2D eigenvalue weighted by molar-refractivity contribution is 7.18. The minimum atomic E-state index is -0.403. The molecular formula is C59H37NS. The minimum Gasteiger partial charge on any atom is -0.241 e. The molecule has 61 heavy (non-hydrogen) atoms. The van der Waals surface area contributed by atoms with E-state index in [4.69, 9.17) is 4.98 Å². The van der Waals surface area contributed by atoms with Crippen molar-refractivity contribution in [3.05, 3.63) is 244 Å². The van der Waals surface area contributed by atoms with Crippen LogP contribution in [0, 0.1) is 0 Å². The summed E-state index contributed by atoms with van der Waals surface area (Å²) < 4.78 is 1.23. The lowest BCUT2D eigenvalue weighted by atomic mass is 9.70. The Hall–Kier alpha value is -7.13. The quantitative estimate of drug-likeness (QED) is 0.174. The summed E-state index contributed by atoms with van der Waals surface area (Å²) in [5.41, 5.74) is 26.6. The Kier molecular flexibility index (Phi) is 6.63. The van der Waals surface area contributed by atoms with E-state index in [9.17, 15) is 0 Å². The van der Waals surface area contributed by atoms with E-state index in [0.29, 0.717) is 0 Å². The van der Waals surface area contributed by atoms with Crippen molar-refractivity contribution in [3.8, 4) is 66.8 Å². The molecule has 10 aromatic rings. The third-order valence-electron chi connectivity index (χ3n) is 14.5. The lowest BCUT2D eigenvalue weighted by Gasteiger charge is -2.31. The molecule has 0 fully saturated rings. The third-order valence-corrected chi connectivity index (χ3v) is 15.6. The number of aromatic nitrogens is 1. The largest absolute Gasteiger partial charge is 0.241 e. The van der Waals surface area contributed by atoms with Gasteiger partial charge in [0.25, 0.3) is 0 Å². The first-order valence-electron chi connectivity index (χ1n) is 21.5. The van der Waals surface area contributed by atoms with Crippen molar-refractivity contribution in [2.24, 2.45) is 0 Å². The standard InChI is InChI=1S/C59H37NS/c1-2-56-60-57-46(36-28-30-45-43-20-8-14-26-52(43)59(54(45)33-36)49-23-11-5-17-40(49)41-18-6-12-24-50(41)59)31-37(34-55(57)61-56)35-27-29-44-42-19-7-13-25-51(42)58(53(44)32-35)47-21-9-3-15-38(47)39-16-4-10-22-48(39)58/h3-34H,2H2,1H3. The van der Waals surface area contributed by atoms with E-state index in [1.165, 1.54) is 121 Å². The summed E-state index contributed by atoms with van der Waals surface area (Å²) in [6.45, 7) is 2.22. The second-order valence-corrected chi connectivity index (χ2v) is 18.2. The normalized spacial score (nSPS) is 14.6. The van der Waals surface area contributed by atoms with Crippen LogP contribution in [0.3, 0.4) is 0 Å². The zero-order valence-corrected chi connectivity index (χ0v) is 34.4. The van der Waals surface area contributed by atoms with E-state index < -0.39 is 5.41 Å². The SMILES string of the molecule is CCc1nc2c(-c3ccc4c(c3)C3(c5ccccc5-c5ccccc53)c3ccccc3-4)cc(-c3ccc4c(c3)C3(c5ccccc5-c5ccccc53)c3ccccc3-4)cc2s1. The zero-order chi connectivity index (χ0) is 40.0. The van der Waals surface area contributed by atoms with Gasteiger partial charge < -0.3 is 0 Å². The van der Waals surface area contributed by atoms with Crippen LogP contribution in [0.15, 0.2) is 194 Å². The molecule has 0 saturated carbocycles. The fourth-order valence-corrected chi connectivity index (χ4v) is 13.1. The van der Waals surface area contributed by atoms with E-state index >= 15 is 0 Å². The summed E-state index contributed by atoms with van der Waals surface area (Å²) in [5.74, 6) is 0. The molecule has 4 aliphatic rings. The van der Waals surface area contributed by atoms with Crippen molar-refractivity contribution in [2.45, 2.75) is 24.2 Å². The fraction of sp³-hybridized carbons (Fsp3) is 0.0678. The molecule has 0 atom stereocenters. The first-order chi connectivity index (χ1) is 30.2. The Morgan fingerprint density at radius 2 is 0.705 bits per heavy atom. The maximum absolute atomic E-state index is 5.35. The van der Waals surface area contributed by atoms with Crippen LogP contribution in [-0.4, -0.2) is 4.98 Å². The van der Waals surface area contributed by atoms with Gasteiger partial charge in [0.2, 0.25) is 0 Å². The van der Waals surface area contributed by atoms with Gasteiger partial charge in [0.1, 0.15) is 0 Å². The Labute approximate surface area is 359 Å².